The maximum Gasteiger partial charge on any atom is 0.330 e. The molecule has 20 heavy (non-hydrogen) atoms. The molecule has 1 aliphatic heterocycles. The molecule has 2 heterocycles. The molecule has 1 aliphatic rings. The first-order chi connectivity index (χ1) is 9.27. The van der Waals surface area contributed by atoms with E-state index in [1.54, 1.807) is 11.3 Å². The second-order valence-electron chi connectivity index (χ2n) is 6.45. The van der Waals surface area contributed by atoms with E-state index >= 15 is 0 Å². The molecular formula is C15H22BrNO2S. The Morgan fingerprint density at radius 2 is 2.20 bits per heavy atom. The number of thiophene rings is 1. The van der Waals surface area contributed by atoms with E-state index in [1.165, 1.54) is 14.2 Å². The molecule has 2 rings (SSSR count). The molecule has 1 unspecified atom stereocenters. The fraction of sp³-hybridized carbons (Fsp3) is 0.667. The number of hydroxylamine groups is 2. The molecule has 112 valence electrons. The third-order valence-corrected chi connectivity index (χ3v) is 5.41. The lowest BCUT2D eigenvalue weighted by Gasteiger charge is -2.32. The Kier molecular flexibility index (Phi) is 4.92. The summed E-state index contributed by atoms with van der Waals surface area (Å²) in [6.07, 6.45) is 2.23. The number of halogens is 1. The average Bonchev–Trinajstić information content (AvgIpc) is 2.67. The van der Waals surface area contributed by atoms with Crippen molar-refractivity contribution in [1.82, 2.24) is 5.06 Å². The normalized spacial score (nSPS) is 20.9. The third kappa shape index (κ3) is 3.83. The molecule has 1 aromatic rings. The van der Waals surface area contributed by atoms with Crippen LogP contribution in [0.25, 0.3) is 0 Å². The summed E-state index contributed by atoms with van der Waals surface area (Å²) in [6, 6.07) is 2.17. The van der Waals surface area contributed by atoms with Gasteiger partial charge in [0.1, 0.15) is 0 Å². The van der Waals surface area contributed by atoms with Crippen molar-refractivity contribution in [2.75, 3.05) is 13.1 Å². The Morgan fingerprint density at radius 1 is 1.50 bits per heavy atom. The summed E-state index contributed by atoms with van der Waals surface area (Å²) >= 11 is 5.35. The Morgan fingerprint density at radius 3 is 2.75 bits per heavy atom. The summed E-state index contributed by atoms with van der Waals surface area (Å²) in [5.74, 6) is 0.315. The fourth-order valence-corrected chi connectivity index (χ4v) is 4.25. The van der Waals surface area contributed by atoms with E-state index in [1.807, 2.05) is 25.8 Å². The van der Waals surface area contributed by atoms with Crippen LogP contribution in [0.4, 0.5) is 0 Å². The van der Waals surface area contributed by atoms with Crippen LogP contribution in [-0.2, 0) is 9.63 Å². The highest BCUT2D eigenvalue weighted by Gasteiger charge is 2.30. The zero-order chi connectivity index (χ0) is 14.9. The lowest BCUT2D eigenvalue weighted by Crippen LogP contribution is -2.39. The van der Waals surface area contributed by atoms with Crippen LogP contribution in [0.3, 0.4) is 0 Å². The topological polar surface area (TPSA) is 29.5 Å². The molecule has 0 amide bonds. The minimum Gasteiger partial charge on any atom is -0.367 e. The average molecular weight is 360 g/mol. The van der Waals surface area contributed by atoms with Gasteiger partial charge in [0.15, 0.2) is 0 Å². The first-order valence-corrected chi connectivity index (χ1v) is 8.61. The molecular weight excluding hydrogens is 338 g/mol. The van der Waals surface area contributed by atoms with Gasteiger partial charge in [0.05, 0.1) is 9.20 Å². The monoisotopic (exact) mass is 359 g/mol. The predicted molar refractivity (Wildman–Crippen MR) is 85.9 cm³/mol. The highest BCUT2D eigenvalue weighted by atomic mass is 79.9. The minimum absolute atomic E-state index is 0.151. The first-order valence-electron chi connectivity index (χ1n) is 7.00. The quantitative estimate of drug-likeness (QED) is 0.778. The molecule has 1 atom stereocenters. The zero-order valence-electron chi connectivity index (χ0n) is 12.5. The number of rotatable bonds is 2. The van der Waals surface area contributed by atoms with E-state index in [-0.39, 0.29) is 5.97 Å². The van der Waals surface area contributed by atoms with Crippen molar-refractivity contribution in [3.05, 3.63) is 20.3 Å². The molecule has 0 bridgehead atoms. The number of piperidine rings is 1. The van der Waals surface area contributed by atoms with Crippen LogP contribution in [0, 0.1) is 12.3 Å². The number of nitrogens with zero attached hydrogens (tertiary/aromatic N) is 1. The van der Waals surface area contributed by atoms with Gasteiger partial charge in [-0.2, -0.15) is 0 Å². The highest BCUT2D eigenvalue weighted by Crippen LogP contribution is 2.37. The molecule has 0 N–H and O–H groups in total. The van der Waals surface area contributed by atoms with E-state index < -0.39 is 5.41 Å². The maximum atomic E-state index is 12.0. The van der Waals surface area contributed by atoms with E-state index in [0.717, 1.165) is 25.9 Å². The molecule has 0 aromatic carbocycles. The molecule has 0 spiro atoms. The Labute approximate surface area is 133 Å². The van der Waals surface area contributed by atoms with Gasteiger partial charge in [-0.15, -0.1) is 16.4 Å². The van der Waals surface area contributed by atoms with Gasteiger partial charge in [-0.25, -0.2) is 4.79 Å². The Hall–Kier alpha value is -0.390. The SMILES string of the molecule is Cc1cc(Br)sc1C1CCCN(OC(=O)C(C)(C)C)C1. The van der Waals surface area contributed by atoms with Gasteiger partial charge in [0, 0.05) is 23.9 Å². The van der Waals surface area contributed by atoms with Gasteiger partial charge in [0.25, 0.3) is 0 Å². The van der Waals surface area contributed by atoms with Gasteiger partial charge < -0.3 is 4.84 Å². The molecule has 3 nitrogen and oxygen atoms in total. The lowest BCUT2D eigenvalue weighted by molar-refractivity contribution is -0.205. The first kappa shape index (κ1) is 16.0. The van der Waals surface area contributed by atoms with E-state index in [9.17, 15) is 4.79 Å². The van der Waals surface area contributed by atoms with Crippen LogP contribution >= 0.6 is 27.3 Å². The molecule has 5 heteroatoms. The molecule has 1 aromatic heterocycles. The standard InChI is InChI=1S/C15H22BrNO2S/c1-10-8-12(16)20-13(10)11-6-5-7-17(9-11)19-14(18)15(2,3)4/h8,11H,5-7,9H2,1-4H3. The maximum absolute atomic E-state index is 12.0. The van der Waals surface area contributed by atoms with Crippen LogP contribution in [0.5, 0.6) is 0 Å². The fourth-order valence-electron chi connectivity index (χ4n) is 2.36. The van der Waals surface area contributed by atoms with Crippen LogP contribution in [0.2, 0.25) is 0 Å². The van der Waals surface area contributed by atoms with Crippen LogP contribution in [-0.4, -0.2) is 24.1 Å². The number of hydrogen-bond donors (Lipinski definition) is 0. The van der Waals surface area contributed by atoms with Crippen LogP contribution in [0.1, 0.15) is 50.0 Å². The van der Waals surface area contributed by atoms with E-state index in [0.29, 0.717) is 5.92 Å². The molecule has 1 saturated heterocycles. The summed E-state index contributed by atoms with van der Waals surface area (Å²) in [5.41, 5.74) is 0.880. The number of aryl methyl sites for hydroxylation is 1. The summed E-state index contributed by atoms with van der Waals surface area (Å²) in [6.45, 7) is 9.45. The summed E-state index contributed by atoms with van der Waals surface area (Å²) in [4.78, 5) is 18.9. The Bertz CT molecular complexity index is 493. The van der Waals surface area contributed by atoms with Crippen molar-refractivity contribution in [1.29, 1.82) is 0 Å². The lowest BCUT2D eigenvalue weighted by atomic mass is 9.95. The summed E-state index contributed by atoms with van der Waals surface area (Å²) < 4.78 is 1.17. The van der Waals surface area contributed by atoms with E-state index in [2.05, 4.69) is 28.9 Å². The van der Waals surface area contributed by atoms with Crippen LogP contribution in [0.15, 0.2) is 9.85 Å². The van der Waals surface area contributed by atoms with Gasteiger partial charge >= 0.3 is 5.97 Å². The van der Waals surface area contributed by atoms with Crippen molar-refractivity contribution in [2.24, 2.45) is 5.41 Å². The number of carbonyl (C=O) groups is 1. The van der Waals surface area contributed by atoms with Gasteiger partial charge in [-0.1, -0.05) is 0 Å². The van der Waals surface area contributed by atoms with Crippen molar-refractivity contribution >= 4 is 33.2 Å². The van der Waals surface area contributed by atoms with Crippen molar-refractivity contribution < 1.29 is 9.63 Å². The number of carbonyl (C=O) groups excluding carboxylic acids is 1. The zero-order valence-corrected chi connectivity index (χ0v) is 14.9. The van der Waals surface area contributed by atoms with Crippen molar-refractivity contribution in [2.45, 2.75) is 46.5 Å². The van der Waals surface area contributed by atoms with Gasteiger partial charge in [-0.3, -0.25) is 0 Å². The van der Waals surface area contributed by atoms with Crippen molar-refractivity contribution in [3.8, 4) is 0 Å². The third-order valence-electron chi connectivity index (χ3n) is 3.51. The van der Waals surface area contributed by atoms with Crippen molar-refractivity contribution in [3.63, 3.8) is 0 Å². The second-order valence-corrected chi connectivity index (χ2v) is 8.92. The number of hydrogen-bond acceptors (Lipinski definition) is 4. The smallest absolute Gasteiger partial charge is 0.330 e. The summed E-state index contributed by atoms with van der Waals surface area (Å²) in [7, 11) is 0. The largest absolute Gasteiger partial charge is 0.367 e. The molecule has 0 aliphatic carbocycles. The Balaban J connectivity index is 2.02. The molecule has 0 radical (unpaired) electrons. The highest BCUT2D eigenvalue weighted by molar-refractivity contribution is 9.11. The second kappa shape index (κ2) is 6.16. The summed E-state index contributed by atoms with van der Waals surface area (Å²) in [5, 5.41) is 1.84. The predicted octanol–water partition coefficient (Wildman–Crippen LogP) is 4.50. The van der Waals surface area contributed by atoms with Crippen LogP contribution < -0.4 is 0 Å². The molecule has 0 saturated carbocycles. The molecule has 1 fully saturated rings. The van der Waals surface area contributed by atoms with E-state index in [4.69, 9.17) is 4.84 Å². The minimum atomic E-state index is -0.450. The van der Waals surface area contributed by atoms with Gasteiger partial charge in [0.2, 0.25) is 0 Å². The van der Waals surface area contributed by atoms with Gasteiger partial charge in [-0.05, 0) is 68.1 Å².